The SMILES string of the molecule is COCCN(C)c1ccc(N)cc1Cl.Cl.Cl. The third-order valence-electron chi connectivity index (χ3n) is 2.01. The highest BCUT2D eigenvalue weighted by molar-refractivity contribution is 6.33. The largest absolute Gasteiger partial charge is 0.399 e. The molecule has 0 aromatic heterocycles. The summed E-state index contributed by atoms with van der Waals surface area (Å²) in [6.45, 7) is 1.48. The van der Waals surface area contributed by atoms with Crippen LogP contribution in [0, 0.1) is 0 Å². The lowest BCUT2D eigenvalue weighted by molar-refractivity contribution is 0.206. The number of nitrogens with two attached hydrogens (primary N) is 1. The van der Waals surface area contributed by atoms with Gasteiger partial charge in [0.05, 0.1) is 17.3 Å². The van der Waals surface area contributed by atoms with Crippen molar-refractivity contribution < 1.29 is 4.74 Å². The lowest BCUT2D eigenvalue weighted by Crippen LogP contribution is -2.22. The summed E-state index contributed by atoms with van der Waals surface area (Å²) in [5, 5.41) is 0.670. The van der Waals surface area contributed by atoms with E-state index in [1.165, 1.54) is 0 Å². The Morgan fingerprint density at radius 2 is 2.00 bits per heavy atom. The van der Waals surface area contributed by atoms with Gasteiger partial charge in [0.1, 0.15) is 0 Å². The van der Waals surface area contributed by atoms with Gasteiger partial charge in [-0.05, 0) is 18.2 Å². The summed E-state index contributed by atoms with van der Waals surface area (Å²) in [4.78, 5) is 2.03. The van der Waals surface area contributed by atoms with Gasteiger partial charge in [0.15, 0.2) is 0 Å². The second kappa shape index (κ2) is 8.76. The van der Waals surface area contributed by atoms with Crippen LogP contribution >= 0.6 is 36.4 Å². The molecule has 0 bridgehead atoms. The van der Waals surface area contributed by atoms with Crippen molar-refractivity contribution in [1.82, 2.24) is 0 Å². The molecule has 0 radical (unpaired) electrons. The van der Waals surface area contributed by atoms with Gasteiger partial charge in [0, 0.05) is 26.4 Å². The first-order valence-electron chi connectivity index (χ1n) is 4.40. The quantitative estimate of drug-likeness (QED) is 0.866. The number of halogens is 3. The molecule has 1 aromatic rings. The lowest BCUT2D eigenvalue weighted by atomic mass is 10.2. The van der Waals surface area contributed by atoms with Gasteiger partial charge in [-0.1, -0.05) is 11.6 Å². The van der Waals surface area contributed by atoms with Gasteiger partial charge >= 0.3 is 0 Å². The lowest BCUT2D eigenvalue weighted by Gasteiger charge is -2.20. The highest BCUT2D eigenvalue weighted by Crippen LogP contribution is 2.26. The standard InChI is InChI=1S/C10H15ClN2O.2ClH/c1-13(5-6-14-2)10-4-3-8(12)7-9(10)11;;/h3-4,7H,5-6,12H2,1-2H3;2*1H. The number of benzene rings is 1. The van der Waals surface area contributed by atoms with E-state index in [0.717, 1.165) is 12.2 Å². The van der Waals surface area contributed by atoms with Crippen LogP contribution < -0.4 is 10.6 Å². The molecular weight excluding hydrogens is 270 g/mol. The fourth-order valence-electron chi connectivity index (χ4n) is 1.18. The van der Waals surface area contributed by atoms with Crippen molar-refractivity contribution in [3.63, 3.8) is 0 Å². The smallest absolute Gasteiger partial charge is 0.0659 e. The van der Waals surface area contributed by atoms with Gasteiger partial charge in [-0.15, -0.1) is 24.8 Å². The van der Waals surface area contributed by atoms with Crippen molar-refractivity contribution in [3.8, 4) is 0 Å². The van der Waals surface area contributed by atoms with Crippen LogP contribution in [0.3, 0.4) is 0 Å². The van der Waals surface area contributed by atoms with Crippen molar-refractivity contribution >= 4 is 47.8 Å². The molecule has 6 heteroatoms. The fourth-order valence-corrected chi connectivity index (χ4v) is 1.51. The van der Waals surface area contributed by atoms with E-state index in [9.17, 15) is 0 Å². The summed E-state index contributed by atoms with van der Waals surface area (Å²) in [6.07, 6.45) is 0. The van der Waals surface area contributed by atoms with E-state index in [1.807, 2.05) is 24.1 Å². The molecule has 0 saturated heterocycles. The molecule has 0 heterocycles. The Bertz CT molecular complexity index is 310. The van der Waals surface area contributed by atoms with Crippen LogP contribution in [0.1, 0.15) is 0 Å². The van der Waals surface area contributed by atoms with Crippen molar-refractivity contribution in [2.45, 2.75) is 0 Å². The fraction of sp³-hybridized carbons (Fsp3) is 0.400. The summed E-state index contributed by atoms with van der Waals surface area (Å²) >= 11 is 6.04. The first kappa shape index (κ1) is 18.0. The maximum Gasteiger partial charge on any atom is 0.0659 e. The van der Waals surface area contributed by atoms with Gasteiger partial charge in [-0.2, -0.15) is 0 Å². The molecule has 3 nitrogen and oxygen atoms in total. The van der Waals surface area contributed by atoms with E-state index >= 15 is 0 Å². The molecule has 0 spiro atoms. The third kappa shape index (κ3) is 5.12. The number of anilines is 2. The zero-order chi connectivity index (χ0) is 10.6. The zero-order valence-corrected chi connectivity index (χ0v) is 11.7. The monoisotopic (exact) mass is 286 g/mol. The van der Waals surface area contributed by atoms with Gasteiger partial charge < -0.3 is 15.4 Å². The molecule has 0 fully saturated rings. The van der Waals surface area contributed by atoms with Crippen LogP contribution in [0.15, 0.2) is 18.2 Å². The van der Waals surface area contributed by atoms with Crippen molar-refractivity contribution in [3.05, 3.63) is 23.2 Å². The highest BCUT2D eigenvalue weighted by atomic mass is 35.5. The molecule has 0 atom stereocenters. The average molecular weight is 288 g/mol. The minimum absolute atomic E-state index is 0. The average Bonchev–Trinajstić information content (AvgIpc) is 2.14. The topological polar surface area (TPSA) is 38.5 Å². The number of hydrogen-bond acceptors (Lipinski definition) is 3. The number of nitrogen functional groups attached to an aromatic ring is 1. The summed E-state index contributed by atoms with van der Waals surface area (Å²) in [5.74, 6) is 0. The number of hydrogen-bond donors (Lipinski definition) is 1. The minimum Gasteiger partial charge on any atom is -0.399 e. The van der Waals surface area contributed by atoms with Crippen molar-refractivity contribution in [2.24, 2.45) is 0 Å². The first-order chi connectivity index (χ1) is 6.65. The van der Waals surface area contributed by atoms with Crippen LogP contribution in [0.5, 0.6) is 0 Å². The normalized spacial score (nSPS) is 8.94. The second-order valence-electron chi connectivity index (χ2n) is 3.13. The minimum atomic E-state index is 0. The summed E-state index contributed by atoms with van der Waals surface area (Å²) in [5.41, 5.74) is 7.25. The predicted molar refractivity (Wildman–Crippen MR) is 75.5 cm³/mol. The van der Waals surface area contributed by atoms with E-state index in [1.54, 1.807) is 13.2 Å². The zero-order valence-electron chi connectivity index (χ0n) is 9.27. The Hall–Kier alpha value is -0.350. The Kier molecular flexibility index (Phi) is 9.87. The van der Waals surface area contributed by atoms with Crippen LogP contribution in [0.4, 0.5) is 11.4 Å². The summed E-state index contributed by atoms with van der Waals surface area (Å²) in [6, 6.07) is 5.50. The second-order valence-corrected chi connectivity index (χ2v) is 3.53. The molecule has 0 aliphatic heterocycles. The molecule has 1 aromatic carbocycles. The Morgan fingerprint density at radius 3 is 2.50 bits per heavy atom. The Morgan fingerprint density at radius 1 is 1.38 bits per heavy atom. The third-order valence-corrected chi connectivity index (χ3v) is 2.32. The molecule has 1 rings (SSSR count). The maximum absolute atomic E-state index is 6.04. The van der Waals surface area contributed by atoms with Crippen LogP contribution in [-0.2, 0) is 4.74 Å². The molecular formula is C10H17Cl3N2O. The number of rotatable bonds is 4. The van der Waals surface area contributed by atoms with E-state index in [2.05, 4.69) is 0 Å². The van der Waals surface area contributed by atoms with E-state index < -0.39 is 0 Å². The summed E-state index contributed by atoms with van der Waals surface area (Å²) in [7, 11) is 3.65. The Balaban J connectivity index is 0. The molecule has 0 aliphatic carbocycles. The van der Waals surface area contributed by atoms with Crippen molar-refractivity contribution in [1.29, 1.82) is 0 Å². The van der Waals surface area contributed by atoms with E-state index in [-0.39, 0.29) is 24.8 Å². The number of ether oxygens (including phenoxy) is 1. The molecule has 0 amide bonds. The van der Waals surface area contributed by atoms with Gasteiger partial charge in [0.25, 0.3) is 0 Å². The first-order valence-corrected chi connectivity index (χ1v) is 4.78. The number of likely N-dealkylation sites (N-methyl/N-ethyl adjacent to an activating group) is 1. The van der Waals surface area contributed by atoms with Crippen LogP contribution in [0.2, 0.25) is 5.02 Å². The molecule has 0 aliphatic rings. The van der Waals surface area contributed by atoms with Gasteiger partial charge in [-0.3, -0.25) is 0 Å². The number of methoxy groups -OCH3 is 1. The van der Waals surface area contributed by atoms with Crippen LogP contribution in [-0.4, -0.2) is 27.3 Å². The highest BCUT2D eigenvalue weighted by Gasteiger charge is 2.05. The molecule has 94 valence electrons. The summed E-state index contributed by atoms with van der Waals surface area (Å²) < 4.78 is 4.99. The molecule has 0 unspecified atom stereocenters. The van der Waals surface area contributed by atoms with Gasteiger partial charge in [0.2, 0.25) is 0 Å². The number of nitrogens with zero attached hydrogens (tertiary/aromatic N) is 1. The van der Waals surface area contributed by atoms with Crippen molar-refractivity contribution in [2.75, 3.05) is 37.9 Å². The Labute approximate surface area is 114 Å². The molecule has 16 heavy (non-hydrogen) atoms. The molecule has 2 N–H and O–H groups in total. The molecule has 0 saturated carbocycles. The van der Waals surface area contributed by atoms with E-state index in [0.29, 0.717) is 17.3 Å². The van der Waals surface area contributed by atoms with Crippen LogP contribution in [0.25, 0.3) is 0 Å². The van der Waals surface area contributed by atoms with Gasteiger partial charge in [-0.25, -0.2) is 0 Å². The predicted octanol–water partition coefficient (Wildman–Crippen LogP) is 2.85. The van der Waals surface area contributed by atoms with E-state index in [4.69, 9.17) is 22.1 Å². The maximum atomic E-state index is 6.04.